The number of nitrogens with zero attached hydrogens (tertiary/aromatic N) is 2. The molecule has 0 bridgehead atoms. The first-order chi connectivity index (χ1) is 9.00. The van der Waals surface area contributed by atoms with E-state index < -0.39 is 5.91 Å². The van der Waals surface area contributed by atoms with E-state index in [0.29, 0.717) is 11.6 Å². The molecule has 0 spiro atoms. The number of primary amides is 1. The maximum absolute atomic E-state index is 12.3. The number of aryl methyl sites for hydroxylation is 1. The van der Waals surface area contributed by atoms with Crippen molar-refractivity contribution < 1.29 is 9.59 Å². The molecule has 1 aliphatic carbocycles. The third kappa shape index (κ3) is 2.77. The van der Waals surface area contributed by atoms with Gasteiger partial charge in [0.25, 0.3) is 5.91 Å². The van der Waals surface area contributed by atoms with Crippen LogP contribution in [0.1, 0.15) is 43.1 Å². The van der Waals surface area contributed by atoms with Crippen molar-refractivity contribution in [1.29, 1.82) is 0 Å². The molecular formula is C13H20N4O2. The highest BCUT2D eigenvalue weighted by Gasteiger charge is 2.28. The summed E-state index contributed by atoms with van der Waals surface area (Å²) in [6.07, 6.45) is 5.71. The Morgan fingerprint density at radius 2 is 2.11 bits per heavy atom. The Bertz CT molecular complexity index is 495. The van der Waals surface area contributed by atoms with Gasteiger partial charge >= 0.3 is 0 Å². The van der Waals surface area contributed by atoms with Crippen LogP contribution < -0.4 is 11.1 Å². The topological polar surface area (TPSA) is 90.0 Å². The average molecular weight is 264 g/mol. The van der Waals surface area contributed by atoms with Crippen molar-refractivity contribution in [2.45, 2.75) is 32.6 Å². The maximum Gasteiger partial charge on any atom is 0.269 e. The summed E-state index contributed by atoms with van der Waals surface area (Å²) in [6.45, 7) is 2.10. The second-order valence-electron chi connectivity index (χ2n) is 5.25. The number of hydrogen-bond acceptors (Lipinski definition) is 3. The molecule has 6 nitrogen and oxygen atoms in total. The lowest BCUT2D eigenvalue weighted by molar-refractivity contribution is -0.122. The highest BCUT2D eigenvalue weighted by atomic mass is 16.2. The molecule has 1 aromatic heterocycles. The third-order valence-electron chi connectivity index (χ3n) is 3.88. The summed E-state index contributed by atoms with van der Waals surface area (Å²) in [6, 6.07) is 0. The molecule has 104 valence electrons. The van der Waals surface area contributed by atoms with Gasteiger partial charge in [-0.1, -0.05) is 19.8 Å². The highest BCUT2D eigenvalue weighted by molar-refractivity contribution is 6.02. The number of nitrogens with two attached hydrogens (primary N) is 1. The molecule has 0 aromatic carbocycles. The third-order valence-corrected chi connectivity index (χ3v) is 3.88. The summed E-state index contributed by atoms with van der Waals surface area (Å²) >= 11 is 0. The molecule has 1 heterocycles. The van der Waals surface area contributed by atoms with Crippen molar-refractivity contribution in [3.05, 3.63) is 11.9 Å². The summed E-state index contributed by atoms with van der Waals surface area (Å²) in [5, 5.41) is 6.75. The van der Waals surface area contributed by atoms with Gasteiger partial charge < -0.3 is 11.1 Å². The summed E-state index contributed by atoms with van der Waals surface area (Å²) in [4.78, 5) is 23.6. The number of carbonyl (C=O) groups excluding carboxylic acids is 2. The normalized spacial score (nSPS) is 23.1. The number of carbonyl (C=O) groups is 2. The zero-order chi connectivity index (χ0) is 14.0. The molecule has 2 amide bonds. The van der Waals surface area contributed by atoms with Crippen molar-refractivity contribution >= 4 is 17.5 Å². The number of amides is 2. The van der Waals surface area contributed by atoms with Crippen LogP contribution in [0, 0.1) is 11.8 Å². The molecule has 1 fully saturated rings. The van der Waals surface area contributed by atoms with Crippen molar-refractivity contribution in [1.82, 2.24) is 9.78 Å². The predicted octanol–water partition coefficient (Wildman–Crippen LogP) is 1.28. The number of aromatic nitrogens is 2. The molecule has 3 N–H and O–H groups in total. The van der Waals surface area contributed by atoms with Crippen LogP contribution in [0.4, 0.5) is 5.69 Å². The lowest BCUT2D eigenvalue weighted by Crippen LogP contribution is -2.31. The Labute approximate surface area is 112 Å². The van der Waals surface area contributed by atoms with E-state index in [2.05, 4.69) is 17.3 Å². The van der Waals surface area contributed by atoms with Gasteiger partial charge in [0.1, 0.15) is 5.69 Å². The average Bonchev–Trinajstić information content (AvgIpc) is 2.70. The fraction of sp³-hybridized carbons (Fsp3) is 0.615. The van der Waals surface area contributed by atoms with Gasteiger partial charge in [-0.15, -0.1) is 0 Å². The Hall–Kier alpha value is -1.85. The van der Waals surface area contributed by atoms with Crippen LogP contribution in [-0.4, -0.2) is 21.6 Å². The fourth-order valence-electron chi connectivity index (χ4n) is 2.75. The molecule has 2 atom stereocenters. The second kappa shape index (κ2) is 5.42. The smallest absolute Gasteiger partial charge is 0.269 e. The second-order valence-corrected chi connectivity index (χ2v) is 5.25. The zero-order valence-electron chi connectivity index (χ0n) is 11.3. The van der Waals surface area contributed by atoms with Crippen LogP contribution in [0.3, 0.4) is 0 Å². The van der Waals surface area contributed by atoms with Crippen molar-refractivity contribution in [3.8, 4) is 0 Å². The van der Waals surface area contributed by atoms with E-state index in [-0.39, 0.29) is 17.5 Å². The van der Waals surface area contributed by atoms with Gasteiger partial charge in [-0.2, -0.15) is 5.10 Å². The van der Waals surface area contributed by atoms with E-state index in [1.54, 1.807) is 7.05 Å². The van der Waals surface area contributed by atoms with Crippen LogP contribution in [-0.2, 0) is 11.8 Å². The standard InChI is InChI=1S/C13H20N4O2/c1-8-5-3-4-6-9(8)13(19)16-10-7-15-17(2)11(10)12(14)18/h7-9H,3-6H2,1-2H3,(H2,14,18)(H,16,19). The first-order valence-electron chi connectivity index (χ1n) is 6.63. The Kier molecular flexibility index (Phi) is 3.87. The Morgan fingerprint density at radius 3 is 2.74 bits per heavy atom. The van der Waals surface area contributed by atoms with Crippen molar-refractivity contribution in [3.63, 3.8) is 0 Å². The van der Waals surface area contributed by atoms with E-state index in [1.165, 1.54) is 17.3 Å². The molecule has 19 heavy (non-hydrogen) atoms. The lowest BCUT2D eigenvalue weighted by Gasteiger charge is -2.27. The van der Waals surface area contributed by atoms with Crippen LogP contribution in [0.2, 0.25) is 0 Å². The first-order valence-corrected chi connectivity index (χ1v) is 6.63. The number of hydrogen-bond donors (Lipinski definition) is 2. The minimum atomic E-state index is -0.591. The van der Waals surface area contributed by atoms with Gasteiger partial charge in [0.2, 0.25) is 5.91 Å². The molecule has 0 aliphatic heterocycles. The van der Waals surface area contributed by atoms with Crippen molar-refractivity contribution in [2.75, 3.05) is 5.32 Å². The van der Waals surface area contributed by atoms with Crippen molar-refractivity contribution in [2.24, 2.45) is 24.6 Å². The van der Waals surface area contributed by atoms with Gasteiger partial charge in [-0.25, -0.2) is 0 Å². The quantitative estimate of drug-likeness (QED) is 0.861. The Morgan fingerprint density at radius 1 is 1.42 bits per heavy atom. The van der Waals surface area contributed by atoms with E-state index in [1.807, 2.05) is 0 Å². The summed E-state index contributed by atoms with van der Waals surface area (Å²) < 4.78 is 1.38. The molecular weight excluding hydrogens is 244 g/mol. The molecule has 0 saturated heterocycles. The highest BCUT2D eigenvalue weighted by Crippen LogP contribution is 2.30. The van der Waals surface area contributed by atoms with Crippen LogP contribution in [0.15, 0.2) is 6.20 Å². The molecule has 1 aliphatic rings. The maximum atomic E-state index is 12.3. The van der Waals surface area contributed by atoms with Crippen LogP contribution in [0.5, 0.6) is 0 Å². The number of nitrogens with one attached hydrogen (secondary N) is 1. The molecule has 1 aromatic rings. The first kappa shape index (κ1) is 13.6. The van der Waals surface area contributed by atoms with Gasteiger partial charge in [0.05, 0.1) is 11.9 Å². The van der Waals surface area contributed by atoms with E-state index in [4.69, 9.17) is 5.73 Å². The minimum absolute atomic E-state index is 0.00897. The van der Waals surface area contributed by atoms with Gasteiger partial charge in [0, 0.05) is 13.0 Å². The number of anilines is 1. The van der Waals surface area contributed by atoms with Gasteiger partial charge in [-0.05, 0) is 18.8 Å². The van der Waals surface area contributed by atoms with Crippen LogP contribution >= 0.6 is 0 Å². The van der Waals surface area contributed by atoms with Crippen LogP contribution in [0.25, 0.3) is 0 Å². The van der Waals surface area contributed by atoms with E-state index in [0.717, 1.165) is 19.3 Å². The number of rotatable bonds is 3. The monoisotopic (exact) mass is 264 g/mol. The zero-order valence-corrected chi connectivity index (χ0v) is 11.3. The SMILES string of the molecule is CC1CCCCC1C(=O)Nc1cnn(C)c1C(N)=O. The summed E-state index contributed by atoms with van der Waals surface area (Å²) in [5.41, 5.74) is 5.92. The molecule has 2 unspecified atom stereocenters. The van der Waals surface area contributed by atoms with E-state index >= 15 is 0 Å². The molecule has 1 saturated carbocycles. The van der Waals surface area contributed by atoms with E-state index in [9.17, 15) is 9.59 Å². The summed E-state index contributed by atoms with van der Waals surface area (Å²) in [5.74, 6) is -0.244. The largest absolute Gasteiger partial charge is 0.364 e. The Balaban J connectivity index is 2.12. The molecule has 2 rings (SSSR count). The lowest BCUT2D eigenvalue weighted by atomic mass is 9.80. The summed E-state index contributed by atoms with van der Waals surface area (Å²) in [7, 11) is 1.62. The predicted molar refractivity (Wildman–Crippen MR) is 71.5 cm³/mol. The van der Waals surface area contributed by atoms with Gasteiger partial charge in [0.15, 0.2) is 0 Å². The van der Waals surface area contributed by atoms with Gasteiger partial charge in [-0.3, -0.25) is 14.3 Å². The molecule has 6 heteroatoms. The minimum Gasteiger partial charge on any atom is -0.364 e. The molecule has 0 radical (unpaired) electrons. The fourth-order valence-corrected chi connectivity index (χ4v) is 2.75.